The Bertz CT molecular complexity index is 786. The minimum atomic E-state index is -3.56. The monoisotopic (exact) mass is 395 g/mol. The van der Waals surface area contributed by atoms with Gasteiger partial charge in [0.2, 0.25) is 10.0 Å². The van der Waals surface area contributed by atoms with Crippen LogP contribution in [0, 0.1) is 20.8 Å². The summed E-state index contributed by atoms with van der Waals surface area (Å²) in [6, 6.07) is 3.50. The van der Waals surface area contributed by atoms with E-state index < -0.39 is 18.3 Å². The first-order valence-corrected chi connectivity index (χ1v) is 13.5. The summed E-state index contributed by atoms with van der Waals surface area (Å²) >= 11 is 0. The van der Waals surface area contributed by atoms with Gasteiger partial charge in [0.05, 0.1) is 23.6 Å². The molecule has 1 heterocycles. The third-order valence-corrected chi connectivity index (χ3v) is 12.5. The predicted molar refractivity (Wildman–Crippen MR) is 111 cm³/mol. The highest BCUT2D eigenvalue weighted by molar-refractivity contribution is 7.89. The van der Waals surface area contributed by atoms with E-state index in [0.29, 0.717) is 11.5 Å². The summed E-state index contributed by atoms with van der Waals surface area (Å²) in [5, 5.41) is 0.0966. The van der Waals surface area contributed by atoms with Crippen LogP contribution in [-0.4, -0.2) is 39.7 Å². The van der Waals surface area contributed by atoms with Gasteiger partial charge in [-0.05, 0) is 50.0 Å². The molecule has 3 atom stereocenters. The molecule has 1 aliphatic heterocycles. The van der Waals surface area contributed by atoms with Crippen LogP contribution in [0.4, 0.5) is 0 Å². The van der Waals surface area contributed by atoms with E-state index in [1.54, 1.807) is 10.4 Å². The zero-order chi connectivity index (χ0) is 20.1. The highest BCUT2D eigenvalue weighted by atomic mass is 32.2. The van der Waals surface area contributed by atoms with E-state index in [1.807, 2.05) is 32.9 Å². The molecule has 1 aromatic carbocycles. The summed E-state index contributed by atoms with van der Waals surface area (Å²) < 4.78 is 34.4. The molecule has 1 saturated heterocycles. The summed E-state index contributed by atoms with van der Waals surface area (Å²) in [6.07, 6.45) is 1.72. The Hall–Kier alpha value is -0.953. The van der Waals surface area contributed by atoms with Crippen molar-refractivity contribution < 1.29 is 12.8 Å². The van der Waals surface area contributed by atoms with Crippen LogP contribution in [0.5, 0.6) is 0 Å². The van der Waals surface area contributed by atoms with Crippen molar-refractivity contribution >= 4 is 18.3 Å². The number of hydrogen-bond acceptors (Lipinski definition) is 3. The Morgan fingerprint density at radius 3 is 2.12 bits per heavy atom. The molecule has 0 bridgehead atoms. The molecule has 1 aromatic rings. The quantitative estimate of drug-likeness (QED) is 0.403. The molecule has 1 unspecified atom stereocenters. The molecule has 4 nitrogen and oxygen atoms in total. The van der Waals surface area contributed by atoms with E-state index in [0.717, 1.165) is 16.7 Å². The highest BCUT2D eigenvalue weighted by Crippen LogP contribution is 2.41. The van der Waals surface area contributed by atoms with Crippen molar-refractivity contribution in [3.8, 4) is 0 Å². The Labute approximate surface area is 160 Å². The van der Waals surface area contributed by atoms with E-state index in [2.05, 4.69) is 40.4 Å². The Balaban J connectivity index is 2.27. The Morgan fingerprint density at radius 1 is 1.19 bits per heavy atom. The maximum Gasteiger partial charge on any atom is 0.244 e. The summed E-state index contributed by atoms with van der Waals surface area (Å²) in [7, 11) is -5.48. The summed E-state index contributed by atoms with van der Waals surface area (Å²) in [5.74, 6) is 0. The lowest BCUT2D eigenvalue weighted by Crippen LogP contribution is -2.42. The summed E-state index contributed by atoms with van der Waals surface area (Å²) in [6.45, 7) is 20.9. The van der Waals surface area contributed by atoms with Gasteiger partial charge in [-0.1, -0.05) is 44.5 Å². The number of sulfonamides is 1. The molecule has 1 fully saturated rings. The molecule has 26 heavy (non-hydrogen) atoms. The molecule has 0 spiro atoms. The third-order valence-electron chi connectivity index (χ3n) is 5.73. The van der Waals surface area contributed by atoms with Crippen LogP contribution in [0.3, 0.4) is 0 Å². The molecule has 6 heteroatoms. The van der Waals surface area contributed by atoms with Crippen molar-refractivity contribution in [2.45, 2.75) is 76.7 Å². The van der Waals surface area contributed by atoms with E-state index in [4.69, 9.17) is 4.43 Å². The third kappa shape index (κ3) is 3.83. The van der Waals surface area contributed by atoms with Crippen molar-refractivity contribution in [2.24, 2.45) is 0 Å². The SMILES string of the molecule is C=C[C@H]1[C@@H](CO[Si](C)(C)C(C)(C)C)N1S(=O)(=O)c1c(C)cc(C)cc1C. The minimum absolute atomic E-state index is 0.0966. The van der Waals surface area contributed by atoms with Crippen LogP contribution >= 0.6 is 0 Å². The second-order valence-electron chi connectivity index (χ2n) is 8.93. The van der Waals surface area contributed by atoms with Crippen LogP contribution < -0.4 is 0 Å². The normalized spacial score (nSPS) is 23.8. The lowest BCUT2D eigenvalue weighted by Gasteiger charge is -2.36. The largest absolute Gasteiger partial charge is 0.415 e. The highest BCUT2D eigenvalue weighted by Gasteiger charge is 2.55. The standard InChI is InChI=1S/C20H33NO3SSi/c1-10-17-18(13-24-26(8,9)20(5,6)7)21(17)25(22,23)19-15(3)11-14(2)12-16(19)4/h10-12,17-18H,1,13H2,2-9H3/t17-,18+,21?/m0/s1. The zero-order valence-electron chi connectivity index (χ0n) is 17.4. The van der Waals surface area contributed by atoms with E-state index in [-0.39, 0.29) is 17.1 Å². The molecule has 0 N–H and O–H groups in total. The second-order valence-corrected chi connectivity index (χ2v) is 15.5. The zero-order valence-corrected chi connectivity index (χ0v) is 19.2. The Kier molecular flexibility index (Phi) is 5.66. The van der Waals surface area contributed by atoms with Gasteiger partial charge in [-0.25, -0.2) is 8.42 Å². The van der Waals surface area contributed by atoms with E-state index in [9.17, 15) is 8.42 Å². The van der Waals surface area contributed by atoms with E-state index >= 15 is 0 Å². The molecule has 1 aliphatic rings. The maximum absolute atomic E-state index is 13.3. The molecule has 0 radical (unpaired) electrons. The fourth-order valence-electron chi connectivity index (χ4n) is 3.24. The van der Waals surface area contributed by atoms with Crippen LogP contribution in [0.1, 0.15) is 37.5 Å². The first kappa shape index (κ1) is 21.3. The lowest BCUT2D eigenvalue weighted by molar-refractivity contribution is 0.281. The molecular formula is C20H33NO3SSi. The summed E-state index contributed by atoms with van der Waals surface area (Å²) in [5.41, 5.74) is 2.66. The van der Waals surface area contributed by atoms with E-state index in [1.165, 1.54) is 0 Å². The minimum Gasteiger partial charge on any atom is -0.415 e. The van der Waals surface area contributed by atoms with Gasteiger partial charge in [-0.15, -0.1) is 6.58 Å². The van der Waals surface area contributed by atoms with Gasteiger partial charge < -0.3 is 4.43 Å². The topological polar surface area (TPSA) is 46.4 Å². The average molecular weight is 396 g/mol. The number of nitrogens with zero attached hydrogens (tertiary/aromatic N) is 1. The predicted octanol–water partition coefficient (Wildman–Crippen LogP) is 4.56. The number of hydrogen-bond donors (Lipinski definition) is 0. The molecule has 0 saturated carbocycles. The first-order chi connectivity index (χ1) is 11.7. The average Bonchev–Trinajstić information content (AvgIpc) is 3.16. The summed E-state index contributed by atoms with van der Waals surface area (Å²) in [4.78, 5) is 0.421. The van der Waals surface area contributed by atoms with Crippen molar-refractivity contribution in [3.05, 3.63) is 41.5 Å². The fraction of sp³-hybridized carbons (Fsp3) is 0.600. The van der Waals surface area contributed by atoms with Crippen molar-refractivity contribution in [3.63, 3.8) is 0 Å². The van der Waals surface area contributed by atoms with Crippen LogP contribution in [0.25, 0.3) is 0 Å². The fourth-order valence-corrected chi connectivity index (χ4v) is 6.44. The molecular weight excluding hydrogens is 362 g/mol. The molecule has 146 valence electrons. The van der Waals surface area contributed by atoms with Crippen LogP contribution in [0.2, 0.25) is 18.1 Å². The molecule has 2 rings (SSSR count). The first-order valence-electron chi connectivity index (χ1n) is 9.12. The lowest BCUT2D eigenvalue weighted by atomic mass is 10.1. The van der Waals surface area contributed by atoms with Crippen molar-refractivity contribution in [1.29, 1.82) is 0 Å². The van der Waals surface area contributed by atoms with Gasteiger partial charge in [0.15, 0.2) is 8.32 Å². The molecule has 0 aromatic heterocycles. The smallest absolute Gasteiger partial charge is 0.244 e. The second kappa shape index (κ2) is 6.89. The van der Waals surface area contributed by atoms with Crippen molar-refractivity contribution in [2.75, 3.05) is 6.61 Å². The van der Waals surface area contributed by atoms with Gasteiger partial charge in [0.25, 0.3) is 0 Å². The number of aryl methyl sites for hydroxylation is 3. The van der Waals surface area contributed by atoms with Crippen LogP contribution in [-0.2, 0) is 14.4 Å². The van der Waals surface area contributed by atoms with Gasteiger partial charge in [0.1, 0.15) is 0 Å². The van der Waals surface area contributed by atoms with Gasteiger partial charge in [-0.3, -0.25) is 0 Å². The maximum atomic E-state index is 13.3. The molecule has 0 aliphatic carbocycles. The van der Waals surface area contributed by atoms with Crippen LogP contribution in [0.15, 0.2) is 29.7 Å². The van der Waals surface area contributed by atoms with Gasteiger partial charge in [0, 0.05) is 0 Å². The van der Waals surface area contributed by atoms with Crippen molar-refractivity contribution in [1.82, 2.24) is 4.31 Å². The molecule has 0 amide bonds. The van der Waals surface area contributed by atoms with Gasteiger partial charge >= 0.3 is 0 Å². The number of rotatable bonds is 6. The van der Waals surface area contributed by atoms with Gasteiger partial charge in [-0.2, -0.15) is 4.31 Å². The Morgan fingerprint density at radius 2 is 1.69 bits per heavy atom. The number of benzene rings is 1.